The average molecular weight is 316 g/mol. The molecule has 2 rings (SSSR count). The molecule has 1 aliphatic rings. The maximum absolute atomic E-state index is 9.92. The fourth-order valence-electron chi connectivity index (χ4n) is 2.20. The number of ether oxygens (including phenoxy) is 3. The highest BCUT2D eigenvalue weighted by atomic mass is 16.7. The predicted octanol–water partition coefficient (Wildman–Crippen LogP) is -1.63. The Kier molecular flexibility index (Phi) is 5.57. The number of aliphatic hydroxyl groups excluding tert-OH is 5. The van der Waals surface area contributed by atoms with Gasteiger partial charge in [0, 0.05) is 0 Å². The Bertz CT molecular complexity index is 492. The van der Waals surface area contributed by atoms with Gasteiger partial charge in [0.05, 0.1) is 20.3 Å². The molecule has 5 N–H and O–H groups in total. The van der Waals surface area contributed by atoms with E-state index in [0.717, 1.165) is 0 Å². The van der Waals surface area contributed by atoms with Crippen LogP contribution in [0.4, 0.5) is 0 Å². The van der Waals surface area contributed by atoms with Crippen LogP contribution in [0.5, 0.6) is 11.5 Å². The molecule has 0 aromatic heterocycles. The van der Waals surface area contributed by atoms with Crippen molar-refractivity contribution in [2.75, 3.05) is 13.7 Å². The number of aliphatic hydroxyl groups is 5. The molecule has 8 nitrogen and oxygen atoms in total. The van der Waals surface area contributed by atoms with Crippen molar-refractivity contribution in [1.82, 2.24) is 0 Å². The van der Waals surface area contributed by atoms with E-state index in [1.54, 1.807) is 12.1 Å². The molecule has 0 unspecified atom stereocenters. The number of hydrogen-bond donors (Lipinski definition) is 5. The molecule has 8 heteroatoms. The SMILES string of the molecule is COc1cc(CO)ccc1O[C@@H]1O[C@H](CO)[C@@H](O)[C@H](O)[C@H]1O. The Balaban J connectivity index is 2.18. The highest BCUT2D eigenvalue weighted by Gasteiger charge is 2.44. The third-order valence-corrected chi connectivity index (χ3v) is 3.50. The van der Waals surface area contributed by atoms with Crippen molar-refractivity contribution < 1.29 is 39.7 Å². The highest BCUT2D eigenvalue weighted by molar-refractivity contribution is 5.42. The van der Waals surface area contributed by atoms with Crippen molar-refractivity contribution in [3.63, 3.8) is 0 Å². The fourth-order valence-corrected chi connectivity index (χ4v) is 2.20. The molecule has 0 saturated carbocycles. The summed E-state index contributed by atoms with van der Waals surface area (Å²) in [4.78, 5) is 0. The van der Waals surface area contributed by atoms with E-state index in [1.165, 1.54) is 13.2 Å². The van der Waals surface area contributed by atoms with Crippen LogP contribution in [0.15, 0.2) is 18.2 Å². The number of methoxy groups -OCH3 is 1. The van der Waals surface area contributed by atoms with Crippen LogP contribution in [0.1, 0.15) is 5.56 Å². The molecule has 0 bridgehead atoms. The molecule has 1 saturated heterocycles. The van der Waals surface area contributed by atoms with E-state index in [4.69, 9.17) is 24.4 Å². The Morgan fingerprint density at radius 1 is 1.05 bits per heavy atom. The maximum Gasteiger partial charge on any atom is 0.229 e. The third kappa shape index (κ3) is 3.32. The highest BCUT2D eigenvalue weighted by Crippen LogP contribution is 2.31. The lowest BCUT2D eigenvalue weighted by Crippen LogP contribution is -2.60. The van der Waals surface area contributed by atoms with Crippen LogP contribution in [0.25, 0.3) is 0 Å². The van der Waals surface area contributed by atoms with Crippen molar-refractivity contribution >= 4 is 0 Å². The Hall–Kier alpha value is -1.42. The lowest BCUT2D eigenvalue weighted by molar-refractivity contribution is -0.277. The molecule has 124 valence electrons. The van der Waals surface area contributed by atoms with Crippen molar-refractivity contribution in [3.05, 3.63) is 23.8 Å². The van der Waals surface area contributed by atoms with Gasteiger partial charge in [0.25, 0.3) is 0 Å². The predicted molar refractivity (Wildman–Crippen MR) is 73.3 cm³/mol. The molecular formula is C14H20O8. The van der Waals surface area contributed by atoms with Gasteiger partial charge < -0.3 is 39.7 Å². The second-order valence-corrected chi connectivity index (χ2v) is 4.96. The molecule has 0 radical (unpaired) electrons. The zero-order chi connectivity index (χ0) is 16.3. The number of benzene rings is 1. The average Bonchev–Trinajstić information content (AvgIpc) is 2.55. The van der Waals surface area contributed by atoms with Crippen molar-refractivity contribution in [2.45, 2.75) is 37.3 Å². The summed E-state index contributed by atoms with van der Waals surface area (Å²) in [6.07, 6.45) is -6.80. The minimum atomic E-state index is -1.52. The van der Waals surface area contributed by atoms with Gasteiger partial charge in [-0.3, -0.25) is 0 Å². The summed E-state index contributed by atoms with van der Waals surface area (Å²) in [5, 5.41) is 47.6. The maximum atomic E-state index is 9.92. The van der Waals surface area contributed by atoms with Gasteiger partial charge in [-0.05, 0) is 17.7 Å². The minimum Gasteiger partial charge on any atom is -0.493 e. The fraction of sp³-hybridized carbons (Fsp3) is 0.571. The van der Waals surface area contributed by atoms with Gasteiger partial charge >= 0.3 is 0 Å². The van der Waals surface area contributed by atoms with Crippen molar-refractivity contribution in [3.8, 4) is 11.5 Å². The van der Waals surface area contributed by atoms with Gasteiger partial charge in [0.15, 0.2) is 11.5 Å². The van der Waals surface area contributed by atoms with E-state index in [2.05, 4.69) is 0 Å². The molecule has 22 heavy (non-hydrogen) atoms. The van der Waals surface area contributed by atoms with Gasteiger partial charge in [-0.1, -0.05) is 6.07 Å². The zero-order valence-electron chi connectivity index (χ0n) is 12.0. The van der Waals surface area contributed by atoms with Crippen LogP contribution in [-0.4, -0.2) is 70.0 Å². The lowest BCUT2D eigenvalue weighted by atomic mass is 9.99. The summed E-state index contributed by atoms with van der Waals surface area (Å²) in [5.74, 6) is 0.535. The van der Waals surface area contributed by atoms with E-state index < -0.39 is 37.3 Å². The van der Waals surface area contributed by atoms with Gasteiger partial charge in [-0.2, -0.15) is 0 Å². The summed E-state index contributed by atoms with van der Waals surface area (Å²) >= 11 is 0. The largest absolute Gasteiger partial charge is 0.493 e. The first kappa shape index (κ1) is 16.9. The van der Waals surface area contributed by atoms with Gasteiger partial charge in [0.1, 0.15) is 24.4 Å². The number of hydrogen-bond acceptors (Lipinski definition) is 8. The van der Waals surface area contributed by atoms with Crippen LogP contribution in [-0.2, 0) is 11.3 Å². The third-order valence-electron chi connectivity index (χ3n) is 3.50. The molecule has 1 fully saturated rings. The summed E-state index contributed by atoms with van der Waals surface area (Å²) in [5.41, 5.74) is 0.609. The normalized spacial score (nSPS) is 31.8. The van der Waals surface area contributed by atoms with E-state index in [9.17, 15) is 15.3 Å². The Labute approximate surface area is 127 Å². The second kappa shape index (κ2) is 7.23. The van der Waals surface area contributed by atoms with Crippen molar-refractivity contribution in [1.29, 1.82) is 0 Å². The lowest BCUT2D eigenvalue weighted by Gasteiger charge is -2.39. The van der Waals surface area contributed by atoms with Crippen molar-refractivity contribution in [2.24, 2.45) is 0 Å². The van der Waals surface area contributed by atoms with Gasteiger partial charge in [-0.25, -0.2) is 0 Å². The van der Waals surface area contributed by atoms with E-state index >= 15 is 0 Å². The molecule has 1 aromatic rings. The Morgan fingerprint density at radius 2 is 1.77 bits per heavy atom. The topological polar surface area (TPSA) is 129 Å². The first-order valence-corrected chi connectivity index (χ1v) is 6.76. The molecule has 1 heterocycles. The molecule has 0 spiro atoms. The van der Waals surface area contributed by atoms with E-state index in [0.29, 0.717) is 11.3 Å². The summed E-state index contributed by atoms with van der Waals surface area (Å²) in [6, 6.07) is 4.67. The first-order valence-electron chi connectivity index (χ1n) is 6.76. The summed E-state index contributed by atoms with van der Waals surface area (Å²) in [7, 11) is 1.41. The molecule has 0 amide bonds. The van der Waals surface area contributed by atoms with E-state index in [1.807, 2.05) is 0 Å². The molecular weight excluding hydrogens is 296 g/mol. The smallest absolute Gasteiger partial charge is 0.229 e. The molecule has 5 atom stereocenters. The zero-order valence-corrected chi connectivity index (χ0v) is 12.0. The number of rotatable bonds is 5. The minimum absolute atomic E-state index is 0.170. The second-order valence-electron chi connectivity index (χ2n) is 4.96. The first-order chi connectivity index (χ1) is 10.5. The van der Waals surface area contributed by atoms with Crippen LogP contribution in [0.3, 0.4) is 0 Å². The van der Waals surface area contributed by atoms with Crippen LogP contribution < -0.4 is 9.47 Å². The molecule has 0 aliphatic carbocycles. The monoisotopic (exact) mass is 316 g/mol. The van der Waals surface area contributed by atoms with Crippen LogP contribution >= 0.6 is 0 Å². The van der Waals surface area contributed by atoms with Gasteiger partial charge in [-0.15, -0.1) is 0 Å². The van der Waals surface area contributed by atoms with Crippen LogP contribution in [0.2, 0.25) is 0 Å². The Morgan fingerprint density at radius 3 is 2.36 bits per heavy atom. The van der Waals surface area contributed by atoms with E-state index in [-0.39, 0.29) is 12.4 Å². The molecule has 1 aromatic carbocycles. The quantitative estimate of drug-likeness (QED) is 0.438. The van der Waals surface area contributed by atoms with Crippen LogP contribution in [0, 0.1) is 0 Å². The van der Waals surface area contributed by atoms with Gasteiger partial charge in [0.2, 0.25) is 6.29 Å². The summed E-state index contributed by atoms with van der Waals surface area (Å²) in [6.45, 7) is -0.706. The standard InChI is InChI=1S/C14H20O8/c1-20-9-4-7(5-15)2-3-8(9)21-14-13(19)12(18)11(17)10(6-16)22-14/h2-4,10-19H,5-6H2,1H3/t10-,11-,12+,13-,14-/m1/s1. The molecule has 1 aliphatic heterocycles. The summed E-state index contributed by atoms with van der Waals surface area (Å²) < 4.78 is 15.9.